The zero-order valence-electron chi connectivity index (χ0n) is 11.2. The fourth-order valence-corrected chi connectivity index (χ4v) is 2.56. The Morgan fingerprint density at radius 3 is 2.42 bits per heavy atom. The van der Waals surface area contributed by atoms with E-state index in [9.17, 15) is 0 Å². The summed E-state index contributed by atoms with van der Waals surface area (Å²) < 4.78 is 12.3. The van der Waals surface area contributed by atoms with Crippen molar-refractivity contribution in [3.8, 4) is 0 Å². The van der Waals surface area contributed by atoms with Crippen LogP contribution in [-0.4, -0.2) is 29.0 Å². The van der Waals surface area contributed by atoms with Crippen LogP contribution in [-0.2, 0) is 22.3 Å². The number of aromatic nitrogens is 3. The minimum Gasteiger partial charge on any atom is -0.352 e. The summed E-state index contributed by atoms with van der Waals surface area (Å²) in [5.74, 6) is 1.76. The summed E-state index contributed by atoms with van der Waals surface area (Å²) >= 11 is 1.72. The molecule has 0 aliphatic rings. The van der Waals surface area contributed by atoms with Gasteiger partial charge in [-0.25, -0.2) is 0 Å². The molecule has 2 rings (SSSR count). The minimum absolute atomic E-state index is 0.308. The smallest absolute Gasteiger partial charge is 0.183 e. The Morgan fingerprint density at radius 1 is 1.21 bits per heavy atom. The zero-order valence-corrected chi connectivity index (χ0v) is 12.1. The van der Waals surface area contributed by atoms with E-state index in [2.05, 4.69) is 22.3 Å². The molecule has 1 aromatic carbocycles. The van der Waals surface area contributed by atoms with Gasteiger partial charge in [-0.1, -0.05) is 12.1 Å². The molecule has 102 valence electrons. The molecule has 6 heteroatoms. The van der Waals surface area contributed by atoms with E-state index in [1.165, 1.54) is 4.90 Å². The highest BCUT2D eigenvalue weighted by molar-refractivity contribution is 7.98. The molecule has 2 aromatic rings. The topological polar surface area (TPSA) is 49.2 Å². The van der Waals surface area contributed by atoms with Gasteiger partial charge in [-0.05, 0) is 12.1 Å². The number of thioether (sulfide) groups is 1. The van der Waals surface area contributed by atoms with Crippen LogP contribution in [0.3, 0.4) is 0 Å². The predicted molar refractivity (Wildman–Crippen MR) is 73.8 cm³/mol. The van der Waals surface area contributed by atoms with Gasteiger partial charge in [0.05, 0.1) is 5.75 Å². The van der Waals surface area contributed by atoms with Crippen LogP contribution in [0.1, 0.15) is 17.7 Å². The molecule has 0 amide bonds. The lowest BCUT2D eigenvalue weighted by molar-refractivity contribution is -0.106. The SMILES string of the molecule is COC(OC)c1ccc(SCc2nncn2C)cc1. The van der Waals surface area contributed by atoms with Gasteiger partial charge in [0.25, 0.3) is 0 Å². The molecule has 0 aliphatic heterocycles. The highest BCUT2D eigenvalue weighted by Gasteiger charge is 2.08. The number of hydrogen-bond acceptors (Lipinski definition) is 5. The standard InChI is InChI=1S/C13H17N3O2S/c1-16-9-14-15-12(16)8-19-11-6-4-10(5-7-11)13(17-2)18-3/h4-7,9,13H,8H2,1-3H3. The first-order chi connectivity index (χ1) is 9.24. The second-order valence-corrected chi connectivity index (χ2v) is 5.07. The third-order valence-electron chi connectivity index (χ3n) is 2.75. The Bertz CT molecular complexity index is 509. The summed E-state index contributed by atoms with van der Waals surface area (Å²) in [5.41, 5.74) is 1.01. The molecule has 0 aliphatic carbocycles. The maximum Gasteiger partial charge on any atom is 0.183 e. The first kappa shape index (κ1) is 14.0. The Kier molecular flexibility index (Phi) is 4.95. The van der Waals surface area contributed by atoms with Crippen LogP contribution in [0.4, 0.5) is 0 Å². The maximum atomic E-state index is 5.21. The molecule has 0 saturated heterocycles. The van der Waals surface area contributed by atoms with E-state index in [0.717, 1.165) is 17.1 Å². The van der Waals surface area contributed by atoms with Gasteiger partial charge in [0.2, 0.25) is 0 Å². The van der Waals surface area contributed by atoms with Crippen molar-refractivity contribution in [1.82, 2.24) is 14.8 Å². The van der Waals surface area contributed by atoms with E-state index in [1.54, 1.807) is 32.3 Å². The van der Waals surface area contributed by atoms with Crippen molar-refractivity contribution >= 4 is 11.8 Å². The summed E-state index contributed by atoms with van der Waals surface area (Å²) in [6.45, 7) is 0. The van der Waals surface area contributed by atoms with Crippen molar-refractivity contribution in [2.24, 2.45) is 7.05 Å². The zero-order chi connectivity index (χ0) is 13.7. The summed E-state index contributed by atoms with van der Waals surface area (Å²) in [7, 11) is 5.20. The molecule has 1 aromatic heterocycles. The van der Waals surface area contributed by atoms with Crippen LogP contribution < -0.4 is 0 Å². The number of hydrogen-bond donors (Lipinski definition) is 0. The maximum absolute atomic E-state index is 5.21. The number of aryl methyl sites for hydroxylation is 1. The van der Waals surface area contributed by atoms with Crippen LogP contribution in [0.15, 0.2) is 35.5 Å². The van der Waals surface area contributed by atoms with Crippen molar-refractivity contribution in [1.29, 1.82) is 0 Å². The molecule has 0 spiro atoms. The number of rotatable bonds is 6. The van der Waals surface area contributed by atoms with Gasteiger partial charge in [0.15, 0.2) is 6.29 Å². The molecule has 0 atom stereocenters. The summed E-state index contributed by atoms with van der Waals surface area (Å²) in [4.78, 5) is 1.18. The lowest BCUT2D eigenvalue weighted by Crippen LogP contribution is -2.03. The van der Waals surface area contributed by atoms with Crippen molar-refractivity contribution < 1.29 is 9.47 Å². The van der Waals surface area contributed by atoms with Crippen LogP contribution in [0, 0.1) is 0 Å². The fourth-order valence-electron chi connectivity index (χ4n) is 1.68. The lowest BCUT2D eigenvalue weighted by Gasteiger charge is -2.13. The van der Waals surface area contributed by atoms with Gasteiger partial charge in [0.1, 0.15) is 12.2 Å². The van der Waals surface area contributed by atoms with Crippen molar-refractivity contribution in [2.45, 2.75) is 16.9 Å². The molecule has 0 bridgehead atoms. The molecule has 0 N–H and O–H groups in total. The Labute approximate surface area is 116 Å². The Morgan fingerprint density at radius 2 is 1.89 bits per heavy atom. The molecule has 0 saturated carbocycles. The highest BCUT2D eigenvalue weighted by atomic mass is 32.2. The van der Waals surface area contributed by atoms with E-state index < -0.39 is 0 Å². The monoisotopic (exact) mass is 279 g/mol. The Balaban J connectivity index is 1.97. The molecule has 0 radical (unpaired) electrons. The van der Waals surface area contributed by atoms with E-state index in [0.29, 0.717) is 0 Å². The number of ether oxygens (including phenoxy) is 2. The predicted octanol–water partition coefficient (Wildman–Crippen LogP) is 2.40. The van der Waals surface area contributed by atoms with Crippen LogP contribution >= 0.6 is 11.8 Å². The van der Waals surface area contributed by atoms with Gasteiger partial charge >= 0.3 is 0 Å². The average molecular weight is 279 g/mol. The van der Waals surface area contributed by atoms with E-state index in [4.69, 9.17) is 9.47 Å². The molecule has 5 nitrogen and oxygen atoms in total. The van der Waals surface area contributed by atoms with Crippen molar-refractivity contribution in [3.63, 3.8) is 0 Å². The quantitative estimate of drug-likeness (QED) is 0.600. The highest BCUT2D eigenvalue weighted by Crippen LogP contribution is 2.24. The molecule has 1 heterocycles. The molecular weight excluding hydrogens is 262 g/mol. The molecule has 0 fully saturated rings. The second-order valence-electron chi connectivity index (χ2n) is 4.02. The number of nitrogens with zero attached hydrogens (tertiary/aromatic N) is 3. The third-order valence-corrected chi connectivity index (χ3v) is 3.76. The van der Waals surface area contributed by atoms with Gasteiger partial charge in [0, 0.05) is 31.7 Å². The average Bonchev–Trinajstić information content (AvgIpc) is 2.85. The van der Waals surface area contributed by atoms with Gasteiger partial charge in [-0.2, -0.15) is 0 Å². The molecular formula is C13H17N3O2S. The third kappa shape index (κ3) is 3.56. The fraction of sp³-hybridized carbons (Fsp3) is 0.385. The van der Waals surface area contributed by atoms with Crippen LogP contribution in [0.2, 0.25) is 0 Å². The van der Waals surface area contributed by atoms with E-state index >= 15 is 0 Å². The molecule has 0 unspecified atom stereocenters. The normalized spacial score (nSPS) is 11.2. The first-order valence-electron chi connectivity index (χ1n) is 5.86. The summed E-state index contributed by atoms with van der Waals surface area (Å²) in [6, 6.07) is 8.14. The van der Waals surface area contributed by atoms with Crippen LogP contribution in [0.25, 0.3) is 0 Å². The molecule has 19 heavy (non-hydrogen) atoms. The lowest BCUT2D eigenvalue weighted by atomic mass is 10.2. The second kappa shape index (κ2) is 6.70. The largest absolute Gasteiger partial charge is 0.352 e. The number of benzene rings is 1. The Hall–Kier alpha value is -1.37. The van der Waals surface area contributed by atoms with Gasteiger partial charge in [-0.15, -0.1) is 22.0 Å². The minimum atomic E-state index is -0.308. The van der Waals surface area contributed by atoms with E-state index in [1.807, 2.05) is 23.7 Å². The number of methoxy groups -OCH3 is 2. The van der Waals surface area contributed by atoms with E-state index in [-0.39, 0.29) is 6.29 Å². The van der Waals surface area contributed by atoms with Crippen molar-refractivity contribution in [2.75, 3.05) is 14.2 Å². The summed E-state index contributed by atoms with van der Waals surface area (Å²) in [5, 5.41) is 7.92. The summed E-state index contributed by atoms with van der Waals surface area (Å²) in [6.07, 6.45) is 1.40. The van der Waals surface area contributed by atoms with Crippen molar-refractivity contribution in [3.05, 3.63) is 42.0 Å². The van der Waals surface area contributed by atoms with Gasteiger partial charge < -0.3 is 14.0 Å². The van der Waals surface area contributed by atoms with Crippen LogP contribution in [0.5, 0.6) is 0 Å². The van der Waals surface area contributed by atoms with Gasteiger partial charge in [-0.3, -0.25) is 0 Å². The first-order valence-corrected chi connectivity index (χ1v) is 6.84.